The summed E-state index contributed by atoms with van der Waals surface area (Å²) in [6, 6.07) is 30.7. The highest BCUT2D eigenvalue weighted by Crippen LogP contribution is 2.46. The number of fused-ring (bicyclic) bond motifs is 6. The van der Waals surface area contributed by atoms with Gasteiger partial charge in [0.15, 0.2) is 0 Å². The molecule has 0 aliphatic rings. The highest BCUT2D eigenvalue weighted by molar-refractivity contribution is 7.26. The Kier molecular flexibility index (Phi) is 3.03. The Morgan fingerprint density at radius 3 is 2.19 bits per heavy atom. The van der Waals surface area contributed by atoms with Gasteiger partial charge in [-0.2, -0.15) is 0 Å². The Morgan fingerprint density at radius 1 is 0.630 bits per heavy atom. The van der Waals surface area contributed by atoms with Crippen molar-refractivity contribution in [3.63, 3.8) is 0 Å². The molecule has 0 fully saturated rings. The van der Waals surface area contributed by atoms with Crippen LogP contribution in [0.4, 0.5) is 0 Å². The van der Waals surface area contributed by atoms with Crippen molar-refractivity contribution in [2.45, 2.75) is 0 Å². The van der Waals surface area contributed by atoms with Gasteiger partial charge in [0.05, 0.1) is 5.52 Å². The Balaban J connectivity index is 1.97. The zero-order valence-corrected chi connectivity index (χ0v) is 15.8. The second-order valence-corrected chi connectivity index (χ2v) is 8.14. The maximum Gasteiger partial charge on any atom is 0.0509 e. The molecule has 2 heteroatoms. The van der Waals surface area contributed by atoms with Gasteiger partial charge in [0.2, 0.25) is 0 Å². The quantitative estimate of drug-likeness (QED) is 0.287. The van der Waals surface area contributed by atoms with Crippen LogP contribution in [0.2, 0.25) is 0 Å². The summed E-state index contributed by atoms with van der Waals surface area (Å²) in [4.78, 5) is 0. The van der Waals surface area contributed by atoms with Crippen LogP contribution in [-0.4, -0.2) is 4.57 Å². The number of thiophene rings is 1. The van der Waals surface area contributed by atoms with Crippen LogP contribution >= 0.6 is 11.3 Å². The zero-order valence-electron chi connectivity index (χ0n) is 14.9. The minimum Gasteiger partial charge on any atom is -0.344 e. The van der Waals surface area contributed by atoms with E-state index in [0.717, 1.165) is 0 Å². The molecule has 0 bridgehead atoms. The summed E-state index contributed by atoms with van der Waals surface area (Å²) in [6.45, 7) is 0. The molecule has 0 spiro atoms. The summed E-state index contributed by atoms with van der Waals surface area (Å²) < 4.78 is 5.04. The molecule has 0 atom stereocenters. The van der Waals surface area contributed by atoms with Crippen molar-refractivity contribution in [2.75, 3.05) is 0 Å². The molecule has 27 heavy (non-hydrogen) atoms. The third-order valence-corrected chi connectivity index (χ3v) is 6.72. The highest BCUT2D eigenvalue weighted by Gasteiger charge is 2.19. The first-order valence-corrected chi connectivity index (χ1v) is 10.0. The molecule has 1 nitrogen and oxygen atoms in total. The molecule has 0 aliphatic carbocycles. The first kappa shape index (κ1) is 15.0. The summed E-state index contributed by atoms with van der Waals surface area (Å²) in [6.07, 6.45) is 0. The number of hydrogen-bond donors (Lipinski definition) is 0. The van der Waals surface area contributed by atoms with Crippen molar-refractivity contribution >= 4 is 53.3 Å². The minimum atomic E-state index is 1.28. The molecular weight excluding hydrogens is 346 g/mol. The molecule has 4 aromatic carbocycles. The van der Waals surface area contributed by atoms with Crippen molar-refractivity contribution in [2.24, 2.45) is 7.05 Å². The summed E-state index contributed by atoms with van der Waals surface area (Å²) in [5, 5.41) is 5.42. The molecule has 0 aliphatic heterocycles. The zero-order chi connectivity index (χ0) is 18.0. The molecule has 128 valence electrons. The molecule has 0 saturated carbocycles. The molecule has 6 aromatic rings. The van der Waals surface area contributed by atoms with E-state index in [-0.39, 0.29) is 0 Å². The van der Waals surface area contributed by atoms with Crippen LogP contribution in [0.15, 0.2) is 84.9 Å². The van der Waals surface area contributed by atoms with Gasteiger partial charge in [0.1, 0.15) is 0 Å². The largest absolute Gasteiger partial charge is 0.344 e. The normalized spacial score (nSPS) is 11.9. The van der Waals surface area contributed by atoms with Gasteiger partial charge in [-0.25, -0.2) is 0 Å². The standard InChI is InChI=1S/C25H17NS/c1-26-19-13-7-5-11-17(19)24-20(26)15-22-25(18-12-6-8-14-21(18)27-22)23(24)16-9-3-2-4-10-16/h2-15H,1H3. The Hall–Kier alpha value is -3.10. The van der Waals surface area contributed by atoms with Crippen molar-refractivity contribution in [1.29, 1.82) is 0 Å². The van der Waals surface area contributed by atoms with Crippen molar-refractivity contribution in [3.05, 3.63) is 84.9 Å². The number of hydrogen-bond acceptors (Lipinski definition) is 1. The molecule has 6 rings (SSSR count). The fraction of sp³-hybridized carbons (Fsp3) is 0.0400. The highest BCUT2D eigenvalue weighted by atomic mass is 32.1. The maximum atomic E-state index is 2.38. The van der Waals surface area contributed by atoms with Gasteiger partial charge < -0.3 is 4.57 Å². The van der Waals surface area contributed by atoms with Gasteiger partial charge in [-0.05, 0) is 23.8 Å². The smallest absolute Gasteiger partial charge is 0.0509 e. The SMILES string of the molecule is Cn1c2ccccc2c2c(-c3ccccc3)c3c(cc21)sc1ccccc13. The van der Waals surface area contributed by atoms with E-state index in [1.165, 1.54) is 53.1 Å². The fourth-order valence-corrected chi connectivity index (χ4v) is 5.56. The van der Waals surface area contributed by atoms with E-state index in [1.54, 1.807) is 0 Å². The van der Waals surface area contributed by atoms with Crippen LogP contribution in [0, 0.1) is 0 Å². The van der Waals surface area contributed by atoms with Crippen LogP contribution in [0.1, 0.15) is 0 Å². The second-order valence-electron chi connectivity index (χ2n) is 7.06. The first-order valence-electron chi connectivity index (χ1n) is 9.20. The maximum absolute atomic E-state index is 2.38. The number of aromatic nitrogens is 1. The number of benzene rings is 4. The Morgan fingerprint density at radius 2 is 1.33 bits per heavy atom. The van der Waals surface area contributed by atoms with Crippen LogP contribution in [0.3, 0.4) is 0 Å². The minimum absolute atomic E-state index is 1.28. The monoisotopic (exact) mass is 363 g/mol. The van der Waals surface area contributed by atoms with Gasteiger partial charge >= 0.3 is 0 Å². The van der Waals surface area contributed by atoms with Gasteiger partial charge in [-0.1, -0.05) is 66.7 Å². The molecule has 0 amide bonds. The first-order chi connectivity index (χ1) is 13.3. The molecule has 2 heterocycles. The van der Waals surface area contributed by atoms with Gasteiger partial charge in [-0.15, -0.1) is 11.3 Å². The summed E-state index contributed by atoms with van der Waals surface area (Å²) in [5.41, 5.74) is 5.23. The van der Waals surface area contributed by atoms with Gasteiger partial charge in [-0.3, -0.25) is 0 Å². The third kappa shape index (κ3) is 1.99. The molecular formula is C25H17NS. The molecule has 0 saturated heterocycles. The number of aryl methyl sites for hydroxylation is 1. The number of nitrogens with zero attached hydrogens (tertiary/aromatic N) is 1. The van der Waals surface area contributed by atoms with E-state index in [0.29, 0.717) is 0 Å². The lowest BCUT2D eigenvalue weighted by molar-refractivity contribution is 1.02. The summed E-state index contributed by atoms with van der Waals surface area (Å²) in [7, 11) is 2.18. The second kappa shape index (κ2) is 5.45. The lowest BCUT2D eigenvalue weighted by atomic mass is 9.94. The van der Waals surface area contributed by atoms with Crippen molar-refractivity contribution in [3.8, 4) is 11.1 Å². The molecule has 0 N–H and O–H groups in total. The van der Waals surface area contributed by atoms with E-state index in [9.17, 15) is 0 Å². The van der Waals surface area contributed by atoms with Crippen LogP contribution < -0.4 is 0 Å². The van der Waals surface area contributed by atoms with Crippen molar-refractivity contribution in [1.82, 2.24) is 4.57 Å². The number of rotatable bonds is 1. The van der Waals surface area contributed by atoms with Gasteiger partial charge in [0.25, 0.3) is 0 Å². The number of para-hydroxylation sites is 1. The molecule has 2 aromatic heterocycles. The Labute approximate surface area is 161 Å². The average Bonchev–Trinajstić information content (AvgIpc) is 3.23. The third-order valence-electron chi connectivity index (χ3n) is 5.61. The van der Waals surface area contributed by atoms with E-state index < -0.39 is 0 Å². The lowest BCUT2D eigenvalue weighted by Gasteiger charge is -2.09. The van der Waals surface area contributed by atoms with Crippen LogP contribution in [0.5, 0.6) is 0 Å². The lowest BCUT2D eigenvalue weighted by Crippen LogP contribution is -1.87. The van der Waals surface area contributed by atoms with Gasteiger partial charge in [0, 0.05) is 49.1 Å². The van der Waals surface area contributed by atoms with E-state index in [4.69, 9.17) is 0 Å². The molecule has 0 radical (unpaired) electrons. The van der Waals surface area contributed by atoms with E-state index in [1.807, 2.05) is 11.3 Å². The predicted octanol–water partition coefficient (Wildman–Crippen LogP) is 7.37. The topological polar surface area (TPSA) is 4.93 Å². The summed E-state index contributed by atoms with van der Waals surface area (Å²) in [5.74, 6) is 0. The van der Waals surface area contributed by atoms with Crippen molar-refractivity contribution < 1.29 is 0 Å². The van der Waals surface area contributed by atoms with Crippen LogP contribution in [-0.2, 0) is 7.05 Å². The molecule has 0 unspecified atom stereocenters. The average molecular weight is 363 g/mol. The fourth-order valence-electron chi connectivity index (χ4n) is 4.41. The predicted molar refractivity (Wildman–Crippen MR) is 119 cm³/mol. The van der Waals surface area contributed by atoms with Crippen LogP contribution in [0.25, 0.3) is 53.1 Å². The van der Waals surface area contributed by atoms with E-state index >= 15 is 0 Å². The Bertz CT molecular complexity index is 1470. The van der Waals surface area contributed by atoms with E-state index in [2.05, 4.69) is 96.5 Å². The summed E-state index contributed by atoms with van der Waals surface area (Å²) >= 11 is 1.89.